The van der Waals surface area contributed by atoms with E-state index in [1.54, 1.807) is 24.9 Å². The fourth-order valence-corrected chi connectivity index (χ4v) is 2.45. The Hall–Kier alpha value is -1.85. The highest BCUT2D eigenvalue weighted by Gasteiger charge is 2.44. The third-order valence-corrected chi connectivity index (χ3v) is 4.19. The quantitative estimate of drug-likeness (QED) is 0.882. The number of nitrogens with one attached hydrogen (secondary N) is 1. The number of piperazine rings is 1. The highest BCUT2D eigenvalue weighted by molar-refractivity contribution is 5.99. The average molecular weight is 278 g/mol. The molecule has 1 N–H and O–H groups in total. The number of rotatable bonds is 4. The van der Waals surface area contributed by atoms with Gasteiger partial charge in [-0.1, -0.05) is 6.92 Å². The minimum Gasteiger partial charge on any atom is -0.340 e. The minimum atomic E-state index is -0.784. The van der Waals surface area contributed by atoms with Crippen molar-refractivity contribution in [2.45, 2.75) is 52.2 Å². The van der Waals surface area contributed by atoms with Crippen LogP contribution in [0.4, 0.5) is 0 Å². The molecule has 1 fully saturated rings. The molecule has 0 spiro atoms. The lowest BCUT2D eigenvalue weighted by Gasteiger charge is -2.43. The van der Waals surface area contributed by atoms with Gasteiger partial charge in [-0.05, 0) is 27.2 Å². The number of amides is 2. The van der Waals surface area contributed by atoms with Crippen molar-refractivity contribution in [3.8, 4) is 0 Å². The number of hydrogen-bond acceptors (Lipinski definition) is 3. The first kappa shape index (κ1) is 14.6. The summed E-state index contributed by atoms with van der Waals surface area (Å²) in [5, 5.41) is 2.83. The highest BCUT2D eigenvalue weighted by Crippen LogP contribution is 2.21. The molecule has 0 aromatic carbocycles. The summed E-state index contributed by atoms with van der Waals surface area (Å²) in [6.07, 6.45) is 4.21. The van der Waals surface area contributed by atoms with Crippen LogP contribution in [0, 0.1) is 6.92 Å². The van der Waals surface area contributed by atoms with Crippen LogP contribution in [-0.4, -0.2) is 44.4 Å². The number of aryl methyl sites for hydroxylation is 1. The van der Waals surface area contributed by atoms with Gasteiger partial charge >= 0.3 is 0 Å². The Bertz CT molecular complexity index is 525. The fourth-order valence-electron chi connectivity index (χ4n) is 2.45. The van der Waals surface area contributed by atoms with Crippen molar-refractivity contribution in [2.24, 2.45) is 0 Å². The van der Waals surface area contributed by atoms with Gasteiger partial charge in [-0.15, -0.1) is 0 Å². The molecule has 0 bridgehead atoms. The zero-order valence-electron chi connectivity index (χ0n) is 12.5. The Morgan fingerprint density at radius 3 is 2.65 bits per heavy atom. The molecule has 1 aliphatic rings. The van der Waals surface area contributed by atoms with Crippen LogP contribution in [0.25, 0.3) is 0 Å². The van der Waals surface area contributed by atoms with E-state index in [1.165, 1.54) is 0 Å². The van der Waals surface area contributed by atoms with Crippen molar-refractivity contribution >= 4 is 11.8 Å². The summed E-state index contributed by atoms with van der Waals surface area (Å²) in [6, 6.07) is -0.425. The van der Waals surface area contributed by atoms with Crippen LogP contribution < -0.4 is 5.32 Å². The second-order valence-corrected chi connectivity index (χ2v) is 5.52. The van der Waals surface area contributed by atoms with E-state index < -0.39 is 11.6 Å². The van der Waals surface area contributed by atoms with Gasteiger partial charge in [0.15, 0.2) is 0 Å². The van der Waals surface area contributed by atoms with Gasteiger partial charge in [0.05, 0.1) is 0 Å². The fraction of sp³-hybridized carbons (Fsp3) is 0.643. The minimum absolute atomic E-state index is 0.00938. The number of imidazole rings is 1. The Morgan fingerprint density at radius 2 is 2.10 bits per heavy atom. The second kappa shape index (κ2) is 5.26. The second-order valence-electron chi connectivity index (χ2n) is 5.52. The Morgan fingerprint density at radius 1 is 1.40 bits per heavy atom. The van der Waals surface area contributed by atoms with Crippen molar-refractivity contribution in [3.05, 3.63) is 18.2 Å². The zero-order chi connectivity index (χ0) is 14.9. The zero-order valence-corrected chi connectivity index (χ0v) is 12.5. The molecule has 0 aliphatic carbocycles. The van der Waals surface area contributed by atoms with Crippen LogP contribution in [0.2, 0.25) is 0 Å². The van der Waals surface area contributed by atoms with Crippen molar-refractivity contribution in [1.82, 2.24) is 19.8 Å². The van der Waals surface area contributed by atoms with Crippen LogP contribution in [0.3, 0.4) is 0 Å². The van der Waals surface area contributed by atoms with Crippen molar-refractivity contribution < 1.29 is 9.59 Å². The number of carbonyl (C=O) groups is 2. The molecule has 2 atom stereocenters. The normalized spacial score (nSPS) is 26.8. The lowest BCUT2D eigenvalue weighted by molar-refractivity contribution is -0.153. The third kappa shape index (κ3) is 2.42. The molecule has 2 heterocycles. The summed E-state index contributed by atoms with van der Waals surface area (Å²) in [5.41, 5.74) is -0.784. The Labute approximate surface area is 119 Å². The molecule has 6 nitrogen and oxygen atoms in total. The number of nitrogens with zero attached hydrogens (tertiary/aromatic N) is 3. The molecule has 2 unspecified atom stereocenters. The maximum Gasteiger partial charge on any atom is 0.248 e. The monoisotopic (exact) mass is 278 g/mol. The molecular weight excluding hydrogens is 256 g/mol. The predicted molar refractivity (Wildman–Crippen MR) is 75.0 cm³/mol. The first-order valence-corrected chi connectivity index (χ1v) is 7.00. The smallest absolute Gasteiger partial charge is 0.248 e. The molecule has 20 heavy (non-hydrogen) atoms. The van der Waals surface area contributed by atoms with Gasteiger partial charge in [0.25, 0.3) is 0 Å². The SMILES string of the molecule is CCC1(C)NC(=O)C(C)N(CCn2ccnc2C)C1=O. The standard InChI is InChI=1S/C14H22N4O2/c1-5-14(4)13(20)18(10(2)12(19)16-14)9-8-17-7-6-15-11(17)3/h6-7,10H,5,8-9H2,1-4H3,(H,16,19). The molecule has 2 rings (SSSR count). The molecule has 0 saturated carbocycles. The molecule has 0 radical (unpaired) electrons. The van der Waals surface area contributed by atoms with Crippen LogP contribution >= 0.6 is 0 Å². The number of hydrogen-bond donors (Lipinski definition) is 1. The Balaban J connectivity index is 2.13. The molecule has 1 aromatic rings. The van der Waals surface area contributed by atoms with Crippen LogP contribution in [-0.2, 0) is 16.1 Å². The maximum absolute atomic E-state index is 12.6. The van der Waals surface area contributed by atoms with E-state index in [0.717, 1.165) is 5.82 Å². The molecule has 1 saturated heterocycles. The lowest BCUT2D eigenvalue weighted by Crippen LogP contribution is -2.68. The van der Waals surface area contributed by atoms with Crippen molar-refractivity contribution in [1.29, 1.82) is 0 Å². The maximum atomic E-state index is 12.6. The van der Waals surface area contributed by atoms with E-state index in [-0.39, 0.29) is 11.8 Å². The van der Waals surface area contributed by atoms with E-state index >= 15 is 0 Å². The van der Waals surface area contributed by atoms with Gasteiger partial charge in [-0.3, -0.25) is 9.59 Å². The number of carbonyl (C=O) groups excluding carboxylic acids is 2. The first-order valence-electron chi connectivity index (χ1n) is 7.00. The first-order chi connectivity index (χ1) is 9.39. The van der Waals surface area contributed by atoms with E-state index in [1.807, 2.05) is 24.6 Å². The summed E-state index contributed by atoms with van der Waals surface area (Å²) >= 11 is 0. The van der Waals surface area contributed by atoms with Crippen molar-refractivity contribution in [3.63, 3.8) is 0 Å². The highest BCUT2D eigenvalue weighted by atomic mass is 16.2. The van der Waals surface area contributed by atoms with E-state index in [2.05, 4.69) is 10.3 Å². The summed E-state index contributed by atoms with van der Waals surface area (Å²) in [7, 11) is 0. The predicted octanol–water partition coefficient (Wildman–Crippen LogP) is 0.707. The van der Waals surface area contributed by atoms with Crippen LogP contribution in [0.1, 0.15) is 33.0 Å². The molecule has 1 aliphatic heterocycles. The molecule has 1 aromatic heterocycles. The van der Waals surface area contributed by atoms with E-state index in [0.29, 0.717) is 19.5 Å². The topological polar surface area (TPSA) is 67.2 Å². The van der Waals surface area contributed by atoms with Gasteiger partial charge < -0.3 is 14.8 Å². The molecule has 6 heteroatoms. The van der Waals surface area contributed by atoms with E-state index in [4.69, 9.17) is 0 Å². The molecule has 2 amide bonds. The summed E-state index contributed by atoms with van der Waals surface area (Å²) in [5.74, 6) is 0.811. The van der Waals surface area contributed by atoms with Gasteiger partial charge in [-0.2, -0.15) is 0 Å². The lowest BCUT2D eigenvalue weighted by atomic mass is 9.92. The average Bonchev–Trinajstić information content (AvgIpc) is 2.82. The van der Waals surface area contributed by atoms with Crippen LogP contribution in [0.15, 0.2) is 12.4 Å². The molecule has 110 valence electrons. The van der Waals surface area contributed by atoms with Gasteiger partial charge in [0, 0.05) is 25.5 Å². The largest absolute Gasteiger partial charge is 0.340 e. The summed E-state index contributed by atoms with van der Waals surface area (Å²) in [6.45, 7) is 8.55. The molecular formula is C14H22N4O2. The van der Waals surface area contributed by atoms with E-state index in [9.17, 15) is 9.59 Å². The number of aromatic nitrogens is 2. The summed E-state index contributed by atoms with van der Waals surface area (Å²) < 4.78 is 1.98. The third-order valence-electron chi connectivity index (χ3n) is 4.19. The van der Waals surface area contributed by atoms with Gasteiger partial charge in [0.1, 0.15) is 17.4 Å². The Kier molecular flexibility index (Phi) is 3.83. The van der Waals surface area contributed by atoms with Crippen molar-refractivity contribution in [2.75, 3.05) is 6.54 Å². The van der Waals surface area contributed by atoms with Gasteiger partial charge in [-0.25, -0.2) is 4.98 Å². The summed E-state index contributed by atoms with van der Waals surface area (Å²) in [4.78, 5) is 30.4. The van der Waals surface area contributed by atoms with Gasteiger partial charge in [0.2, 0.25) is 11.8 Å². The van der Waals surface area contributed by atoms with Crippen LogP contribution in [0.5, 0.6) is 0 Å².